The van der Waals surface area contributed by atoms with Crippen LogP contribution in [0.15, 0.2) is 11.6 Å². The summed E-state index contributed by atoms with van der Waals surface area (Å²) in [5, 5.41) is 3.22. The molecule has 0 aliphatic carbocycles. The van der Waals surface area contributed by atoms with Crippen LogP contribution in [0.2, 0.25) is 0 Å². The summed E-state index contributed by atoms with van der Waals surface area (Å²) in [6, 6.07) is 0. The van der Waals surface area contributed by atoms with Crippen molar-refractivity contribution in [3.05, 3.63) is 16.6 Å². The van der Waals surface area contributed by atoms with Crippen LogP contribution in [-0.4, -0.2) is 45.9 Å². The third-order valence-electron chi connectivity index (χ3n) is 4.47. The average molecular weight is 279 g/mol. The van der Waals surface area contributed by atoms with Gasteiger partial charge in [0.25, 0.3) is 0 Å². The second-order valence-electron chi connectivity index (χ2n) is 5.60. The van der Waals surface area contributed by atoms with Crippen LogP contribution in [0, 0.1) is 0 Å². The van der Waals surface area contributed by atoms with E-state index in [1.165, 1.54) is 17.8 Å². The van der Waals surface area contributed by atoms with Crippen LogP contribution < -0.4 is 0 Å². The SMILES string of the molecule is CCN1C(=O)CC[C@@]12CCCN(Cc1nccs1)C2. The van der Waals surface area contributed by atoms with E-state index in [0.29, 0.717) is 5.91 Å². The van der Waals surface area contributed by atoms with Gasteiger partial charge in [0.2, 0.25) is 5.91 Å². The monoisotopic (exact) mass is 279 g/mol. The molecule has 0 radical (unpaired) electrons. The zero-order valence-electron chi connectivity index (χ0n) is 11.5. The first-order chi connectivity index (χ1) is 9.23. The number of aromatic nitrogens is 1. The Labute approximate surface area is 118 Å². The van der Waals surface area contributed by atoms with E-state index in [1.54, 1.807) is 11.3 Å². The number of likely N-dealkylation sites (tertiary alicyclic amines) is 2. The number of amides is 1. The van der Waals surface area contributed by atoms with Gasteiger partial charge in [0.1, 0.15) is 5.01 Å². The topological polar surface area (TPSA) is 36.4 Å². The Bertz CT molecular complexity index is 448. The molecular formula is C14H21N3OS. The first-order valence-corrected chi connectivity index (χ1v) is 8.03. The van der Waals surface area contributed by atoms with Crippen molar-refractivity contribution in [1.82, 2.24) is 14.8 Å². The highest BCUT2D eigenvalue weighted by atomic mass is 32.1. The van der Waals surface area contributed by atoms with Crippen molar-refractivity contribution in [2.24, 2.45) is 0 Å². The summed E-state index contributed by atoms with van der Waals surface area (Å²) >= 11 is 1.72. The highest BCUT2D eigenvalue weighted by Gasteiger charge is 2.46. The third-order valence-corrected chi connectivity index (χ3v) is 5.24. The summed E-state index contributed by atoms with van der Waals surface area (Å²) in [6.07, 6.45) is 6.00. The lowest BCUT2D eigenvalue weighted by molar-refractivity contribution is -0.132. The van der Waals surface area contributed by atoms with Crippen molar-refractivity contribution < 1.29 is 4.79 Å². The predicted octanol–water partition coefficient (Wildman–Crippen LogP) is 2.12. The van der Waals surface area contributed by atoms with E-state index in [9.17, 15) is 4.79 Å². The van der Waals surface area contributed by atoms with E-state index in [-0.39, 0.29) is 5.54 Å². The van der Waals surface area contributed by atoms with Crippen molar-refractivity contribution >= 4 is 17.2 Å². The first kappa shape index (κ1) is 13.1. The van der Waals surface area contributed by atoms with E-state index in [1.807, 2.05) is 11.6 Å². The van der Waals surface area contributed by atoms with Gasteiger partial charge in [-0.25, -0.2) is 4.98 Å². The predicted molar refractivity (Wildman–Crippen MR) is 76.0 cm³/mol. The molecular weight excluding hydrogens is 258 g/mol. The van der Waals surface area contributed by atoms with Crippen molar-refractivity contribution in [3.8, 4) is 0 Å². The fourth-order valence-electron chi connectivity index (χ4n) is 3.67. The number of rotatable bonds is 3. The molecule has 5 heteroatoms. The maximum Gasteiger partial charge on any atom is 0.223 e. The van der Waals surface area contributed by atoms with Gasteiger partial charge in [0.05, 0.1) is 12.1 Å². The number of carbonyl (C=O) groups is 1. The fraction of sp³-hybridized carbons (Fsp3) is 0.714. The van der Waals surface area contributed by atoms with E-state index < -0.39 is 0 Å². The van der Waals surface area contributed by atoms with Crippen LogP contribution in [-0.2, 0) is 11.3 Å². The number of hydrogen-bond acceptors (Lipinski definition) is 4. The second-order valence-corrected chi connectivity index (χ2v) is 6.58. The van der Waals surface area contributed by atoms with E-state index >= 15 is 0 Å². The Hall–Kier alpha value is -0.940. The molecule has 104 valence electrons. The molecule has 2 fully saturated rings. The van der Waals surface area contributed by atoms with Gasteiger partial charge < -0.3 is 4.90 Å². The molecule has 1 spiro atoms. The summed E-state index contributed by atoms with van der Waals surface area (Å²) in [4.78, 5) is 21.0. The maximum absolute atomic E-state index is 12.0. The summed E-state index contributed by atoms with van der Waals surface area (Å²) in [6.45, 7) is 6.04. The summed E-state index contributed by atoms with van der Waals surface area (Å²) in [7, 11) is 0. The minimum atomic E-state index is 0.112. The Morgan fingerprint density at radius 2 is 2.37 bits per heavy atom. The minimum absolute atomic E-state index is 0.112. The summed E-state index contributed by atoms with van der Waals surface area (Å²) in [5.41, 5.74) is 0.112. The van der Waals surface area contributed by atoms with Crippen LogP contribution in [0.1, 0.15) is 37.6 Å². The zero-order valence-corrected chi connectivity index (χ0v) is 12.3. The highest BCUT2D eigenvalue weighted by Crippen LogP contribution is 2.38. The lowest BCUT2D eigenvalue weighted by Gasteiger charge is -2.45. The van der Waals surface area contributed by atoms with Crippen molar-refractivity contribution in [1.29, 1.82) is 0 Å². The molecule has 0 aromatic carbocycles. The van der Waals surface area contributed by atoms with Gasteiger partial charge in [0, 0.05) is 31.1 Å². The molecule has 0 saturated carbocycles. The molecule has 2 aliphatic rings. The molecule has 1 amide bonds. The number of nitrogens with zero attached hydrogens (tertiary/aromatic N) is 3. The normalized spacial score (nSPS) is 28.5. The number of carbonyl (C=O) groups excluding carboxylic acids is 1. The molecule has 3 heterocycles. The molecule has 1 atom stereocenters. The van der Waals surface area contributed by atoms with E-state index in [4.69, 9.17) is 0 Å². The lowest BCUT2D eigenvalue weighted by atomic mass is 9.86. The van der Waals surface area contributed by atoms with E-state index in [2.05, 4.69) is 21.7 Å². The first-order valence-electron chi connectivity index (χ1n) is 7.15. The molecule has 0 bridgehead atoms. The minimum Gasteiger partial charge on any atom is -0.336 e. The Morgan fingerprint density at radius 3 is 3.11 bits per heavy atom. The summed E-state index contributed by atoms with van der Waals surface area (Å²) < 4.78 is 0. The van der Waals surface area contributed by atoms with Crippen LogP contribution in [0.5, 0.6) is 0 Å². The standard InChI is InChI=1S/C14H21N3OS/c1-2-17-13(18)4-6-14(17)5-3-8-16(11-14)10-12-15-7-9-19-12/h7,9H,2-6,8,10-11H2,1H3/t14-/m1/s1. The van der Waals surface area contributed by atoms with Gasteiger partial charge >= 0.3 is 0 Å². The lowest BCUT2D eigenvalue weighted by Crippen LogP contribution is -2.56. The van der Waals surface area contributed by atoms with Crippen LogP contribution in [0.4, 0.5) is 0 Å². The maximum atomic E-state index is 12.0. The van der Waals surface area contributed by atoms with Gasteiger partial charge in [-0.3, -0.25) is 9.69 Å². The molecule has 2 saturated heterocycles. The number of piperidine rings is 1. The molecule has 1 aromatic rings. The van der Waals surface area contributed by atoms with Gasteiger partial charge in [-0.1, -0.05) is 0 Å². The zero-order chi connectivity index (χ0) is 13.3. The molecule has 4 nitrogen and oxygen atoms in total. The Morgan fingerprint density at radius 1 is 1.47 bits per heavy atom. The van der Waals surface area contributed by atoms with Gasteiger partial charge in [-0.2, -0.15) is 0 Å². The Balaban J connectivity index is 1.72. The smallest absolute Gasteiger partial charge is 0.223 e. The number of thiazole rings is 1. The quantitative estimate of drug-likeness (QED) is 0.850. The molecule has 2 aliphatic heterocycles. The molecule has 0 unspecified atom stereocenters. The molecule has 19 heavy (non-hydrogen) atoms. The third kappa shape index (κ3) is 2.41. The van der Waals surface area contributed by atoms with Crippen molar-refractivity contribution in [2.75, 3.05) is 19.6 Å². The molecule has 0 N–H and O–H groups in total. The Kier molecular flexibility index (Phi) is 3.58. The largest absolute Gasteiger partial charge is 0.336 e. The summed E-state index contributed by atoms with van der Waals surface area (Å²) in [5.74, 6) is 0.346. The van der Waals surface area contributed by atoms with E-state index in [0.717, 1.165) is 39.0 Å². The molecule has 1 aromatic heterocycles. The van der Waals surface area contributed by atoms with Gasteiger partial charge in [-0.15, -0.1) is 11.3 Å². The number of hydrogen-bond donors (Lipinski definition) is 0. The van der Waals surface area contributed by atoms with Crippen LogP contribution >= 0.6 is 11.3 Å². The van der Waals surface area contributed by atoms with Gasteiger partial charge in [0.15, 0.2) is 0 Å². The van der Waals surface area contributed by atoms with Crippen LogP contribution in [0.3, 0.4) is 0 Å². The highest BCUT2D eigenvalue weighted by molar-refractivity contribution is 7.09. The van der Waals surface area contributed by atoms with Crippen LogP contribution in [0.25, 0.3) is 0 Å². The molecule has 3 rings (SSSR count). The van der Waals surface area contributed by atoms with Crippen molar-refractivity contribution in [2.45, 2.75) is 44.7 Å². The fourth-order valence-corrected chi connectivity index (χ4v) is 4.33. The number of likely N-dealkylation sites (N-methyl/N-ethyl adjacent to an activating group) is 1. The second kappa shape index (κ2) is 5.21. The average Bonchev–Trinajstić information content (AvgIpc) is 2.99. The van der Waals surface area contributed by atoms with Gasteiger partial charge in [-0.05, 0) is 32.7 Å². The van der Waals surface area contributed by atoms with Crippen molar-refractivity contribution in [3.63, 3.8) is 0 Å².